The molecule has 0 spiro atoms. The van der Waals surface area contributed by atoms with Crippen LogP contribution >= 0.6 is 0 Å². The Hall–Kier alpha value is -2.89. The van der Waals surface area contributed by atoms with Crippen molar-refractivity contribution in [1.29, 1.82) is 0 Å². The quantitative estimate of drug-likeness (QED) is 0.673. The van der Waals surface area contributed by atoms with Gasteiger partial charge in [-0.05, 0) is 37.6 Å². The number of ether oxygens (including phenoxy) is 2. The van der Waals surface area contributed by atoms with Crippen LogP contribution in [0.1, 0.15) is 35.8 Å². The molecular weight excluding hydrogens is 306 g/mol. The first-order chi connectivity index (χ1) is 11.6. The fourth-order valence-corrected chi connectivity index (χ4v) is 2.38. The zero-order chi connectivity index (χ0) is 17.1. The summed E-state index contributed by atoms with van der Waals surface area (Å²) in [6, 6.07) is 9.35. The van der Waals surface area contributed by atoms with Crippen LogP contribution in [-0.4, -0.2) is 27.8 Å². The Balaban J connectivity index is 1.71. The Labute approximate surface area is 140 Å². The van der Waals surface area contributed by atoms with E-state index in [1.807, 2.05) is 42.8 Å². The minimum atomic E-state index is -0.405. The van der Waals surface area contributed by atoms with Gasteiger partial charge in [-0.15, -0.1) is 0 Å². The fraction of sp³-hybridized carbons (Fsp3) is 0.278. The first-order valence-electron chi connectivity index (χ1n) is 7.72. The van der Waals surface area contributed by atoms with Gasteiger partial charge in [0.15, 0.2) is 5.65 Å². The molecule has 0 N–H and O–H groups in total. The molecule has 0 aliphatic carbocycles. The van der Waals surface area contributed by atoms with Gasteiger partial charge in [-0.1, -0.05) is 12.1 Å². The van der Waals surface area contributed by atoms with E-state index in [-0.39, 0.29) is 12.6 Å². The fourth-order valence-electron chi connectivity index (χ4n) is 2.38. The number of aromatic nitrogens is 3. The zero-order valence-electron chi connectivity index (χ0n) is 13.9. The molecule has 2 heterocycles. The highest BCUT2D eigenvalue weighted by atomic mass is 16.5. The van der Waals surface area contributed by atoms with Gasteiger partial charge in [0, 0.05) is 17.6 Å². The van der Waals surface area contributed by atoms with E-state index in [4.69, 9.17) is 9.47 Å². The van der Waals surface area contributed by atoms with E-state index in [1.165, 1.54) is 6.20 Å². The molecule has 0 amide bonds. The molecule has 3 aromatic rings. The Kier molecular flexibility index (Phi) is 4.46. The average molecular weight is 325 g/mol. The number of carbonyl (C=O) groups excluding carboxylic acids is 1. The molecule has 0 bridgehead atoms. The first kappa shape index (κ1) is 16.0. The molecule has 6 nitrogen and oxygen atoms in total. The van der Waals surface area contributed by atoms with Crippen molar-refractivity contribution in [3.63, 3.8) is 0 Å². The number of methoxy groups -OCH3 is 1. The van der Waals surface area contributed by atoms with E-state index >= 15 is 0 Å². The van der Waals surface area contributed by atoms with Crippen molar-refractivity contribution in [1.82, 2.24) is 14.8 Å². The van der Waals surface area contributed by atoms with Gasteiger partial charge < -0.3 is 9.47 Å². The molecule has 24 heavy (non-hydrogen) atoms. The highest BCUT2D eigenvalue weighted by molar-refractivity contribution is 5.92. The average Bonchev–Trinajstić information content (AvgIpc) is 3.03. The van der Waals surface area contributed by atoms with Crippen molar-refractivity contribution in [2.45, 2.75) is 26.5 Å². The van der Waals surface area contributed by atoms with Gasteiger partial charge >= 0.3 is 5.97 Å². The number of fused-ring (bicyclic) bond motifs is 1. The Bertz CT molecular complexity index is 854. The van der Waals surface area contributed by atoms with Crippen LogP contribution in [0.4, 0.5) is 0 Å². The van der Waals surface area contributed by atoms with Crippen molar-refractivity contribution in [2.75, 3.05) is 7.11 Å². The molecule has 0 unspecified atom stereocenters. The summed E-state index contributed by atoms with van der Waals surface area (Å²) in [6.07, 6.45) is 3.24. The molecule has 1 aromatic carbocycles. The van der Waals surface area contributed by atoms with E-state index in [0.717, 1.165) is 22.3 Å². The van der Waals surface area contributed by atoms with Crippen molar-refractivity contribution < 1.29 is 14.3 Å². The molecule has 0 aliphatic rings. The van der Waals surface area contributed by atoms with Crippen LogP contribution in [-0.2, 0) is 11.3 Å². The number of pyridine rings is 1. The van der Waals surface area contributed by atoms with E-state index in [0.29, 0.717) is 5.56 Å². The molecule has 0 atom stereocenters. The number of nitrogens with zero attached hydrogens (tertiary/aromatic N) is 3. The van der Waals surface area contributed by atoms with Crippen LogP contribution < -0.4 is 4.74 Å². The van der Waals surface area contributed by atoms with E-state index in [2.05, 4.69) is 10.1 Å². The largest absolute Gasteiger partial charge is 0.497 e. The lowest BCUT2D eigenvalue weighted by atomic mass is 10.2. The maximum Gasteiger partial charge on any atom is 0.340 e. The van der Waals surface area contributed by atoms with Crippen molar-refractivity contribution >= 4 is 17.0 Å². The van der Waals surface area contributed by atoms with Crippen LogP contribution in [0.5, 0.6) is 5.75 Å². The minimum absolute atomic E-state index is 0.201. The highest BCUT2D eigenvalue weighted by Gasteiger charge is 2.13. The predicted octanol–water partition coefficient (Wildman–Crippen LogP) is 3.38. The van der Waals surface area contributed by atoms with Gasteiger partial charge in [-0.2, -0.15) is 5.10 Å². The molecule has 0 aliphatic heterocycles. The molecule has 2 aromatic heterocycles. The predicted molar refractivity (Wildman–Crippen MR) is 90.0 cm³/mol. The van der Waals surface area contributed by atoms with Crippen LogP contribution in [0.2, 0.25) is 0 Å². The maximum atomic E-state index is 12.2. The summed E-state index contributed by atoms with van der Waals surface area (Å²) in [6.45, 7) is 4.27. The Morgan fingerprint density at radius 3 is 2.62 bits per heavy atom. The maximum absolute atomic E-state index is 12.2. The number of hydrogen-bond acceptors (Lipinski definition) is 5. The Morgan fingerprint density at radius 1 is 1.21 bits per heavy atom. The van der Waals surface area contributed by atoms with E-state index in [1.54, 1.807) is 19.4 Å². The van der Waals surface area contributed by atoms with Gasteiger partial charge in [0.25, 0.3) is 0 Å². The summed E-state index contributed by atoms with van der Waals surface area (Å²) >= 11 is 0. The second-order valence-electron chi connectivity index (χ2n) is 5.74. The van der Waals surface area contributed by atoms with Crippen molar-refractivity contribution in [3.05, 3.63) is 53.9 Å². The molecule has 0 saturated carbocycles. The van der Waals surface area contributed by atoms with Crippen LogP contribution in [0.3, 0.4) is 0 Å². The molecule has 0 fully saturated rings. The lowest BCUT2D eigenvalue weighted by Crippen LogP contribution is -2.07. The number of hydrogen-bond donors (Lipinski definition) is 0. The standard InChI is InChI=1S/C18H19N3O3/c1-12(2)21-17-14(10-20-21)8-15(9-19-17)18(22)24-11-13-4-6-16(23-3)7-5-13/h4-10,12H,11H2,1-3H3. The summed E-state index contributed by atoms with van der Waals surface area (Å²) in [5.74, 6) is 0.361. The molecule has 0 saturated heterocycles. The molecular formula is C18H19N3O3. The van der Waals surface area contributed by atoms with Crippen LogP contribution in [0, 0.1) is 0 Å². The molecule has 3 rings (SSSR count). The minimum Gasteiger partial charge on any atom is -0.497 e. The number of carbonyl (C=O) groups is 1. The second kappa shape index (κ2) is 6.70. The second-order valence-corrected chi connectivity index (χ2v) is 5.74. The van der Waals surface area contributed by atoms with Crippen LogP contribution in [0.25, 0.3) is 11.0 Å². The summed E-state index contributed by atoms with van der Waals surface area (Å²) in [5.41, 5.74) is 2.07. The lowest BCUT2D eigenvalue weighted by Gasteiger charge is -2.07. The normalized spacial score (nSPS) is 11.0. The lowest BCUT2D eigenvalue weighted by molar-refractivity contribution is 0.0472. The summed E-state index contributed by atoms with van der Waals surface area (Å²) in [5, 5.41) is 5.12. The summed E-state index contributed by atoms with van der Waals surface area (Å²) < 4.78 is 12.3. The smallest absolute Gasteiger partial charge is 0.340 e. The molecule has 124 valence electrons. The van der Waals surface area contributed by atoms with E-state index < -0.39 is 5.97 Å². The molecule has 6 heteroatoms. The third kappa shape index (κ3) is 3.22. The summed E-state index contributed by atoms with van der Waals surface area (Å²) in [7, 11) is 1.61. The van der Waals surface area contributed by atoms with Crippen molar-refractivity contribution in [2.24, 2.45) is 0 Å². The Morgan fingerprint density at radius 2 is 1.96 bits per heavy atom. The molecule has 0 radical (unpaired) electrons. The van der Waals surface area contributed by atoms with Crippen LogP contribution in [0.15, 0.2) is 42.7 Å². The first-order valence-corrected chi connectivity index (χ1v) is 7.72. The third-order valence-electron chi connectivity index (χ3n) is 3.69. The van der Waals surface area contributed by atoms with Gasteiger partial charge in [0.1, 0.15) is 12.4 Å². The monoisotopic (exact) mass is 325 g/mol. The van der Waals surface area contributed by atoms with Crippen molar-refractivity contribution in [3.8, 4) is 5.75 Å². The number of esters is 1. The van der Waals surface area contributed by atoms with Gasteiger partial charge in [0.2, 0.25) is 0 Å². The highest BCUT2D eigenvalue weighted by Crippen LogP contribution is 2.18. The topological polar surface area (TPSA) is 66.2 Å². The third-order valence-corrected chi connectivity index (χ3v) is 3.69. The van der Waals surface area contributed by atoms with E-state index in [9.17, 15) is 4.79 Å². The zero-order valence-corrected chi connectivity index (χ0v) is 13.9. The number of rotatable bonds is 5. The van der Waals surface area contributed by atoms with Gasteiger partial charge in [0.05, 0.1) is 18.9 Å². The summed E-state index contributed by atoms with van der Waals surface area (Å²) in [4.78, 5) is 16.6. The van der Waals surface area contributed by atoms with Gasteiger partial charge in [-0.3, -0.25) is 0 Å². The SMILES string of the molecule is COc1ccc(COC(=O)c2cnc3c(cnn3C(C)C)c2)cc1. The van der Waals surface area contributed by atoms with Gasteiger partial charge in [-0.25, -0.2) is 14.5 Å². The number of benzene rings is 1.